The molecule has 0 bridgehead atoms. The highest BCUT2D eigenvalue weighted by Gasteiger charge is 2.24. The largest absolute Gasteiger partial charge is 0.497 e. The average Bonchev–Trinajstić information content (AvgIpc) is 3.16. The molecule has 6 heteroatoms. The molecule has 2 aliphatic heterocycles. The highest BCUT2D eigenvalue weighted by atomic mass is 16.5. The first-order chi connectivity index (χ1) is 12.2. The molecule has 2 saturated heterocycles. The van der Waals surface area contributed by atoms with Gasteiger partial charge in [-0.2, -0.15) is 0 Å². The normalized spacial score (nSPS) is 21.3. The van der Waals surface area contributed by atoms with Gasteiger partial charge in [0.25, 0.3) is 0 Å². The number of carbonyl (C=O) groups is 1. The van der Waals surface area contributed by atoms with E-state index in [1.165, 1.54) is 12.0 Å². The van der Waals surface area contributed by atoms with Gasteiger partial charge in [0.1, 0.15) is 5.75 Å². The maximum absolute atomic E-state index is 12.3. The quantitative estimate of drug-likeness (QED) is 0.849. The van der Waals surface area contributed by atoms with Crippen LogP contribution >= 0.6 is 0 Å². The van der Waals surface area contributed by atoms with Crippen LogP contribution in [-0.4, -0.2) is 75.4 Å². The minimum absolute atomic E-state index is 0.0531. The fourth-order valence-corrected chi connectivity index (χ4v) is 3.44. The second kappa shape index (κ2) is 9.06. The van der Waals surface area contributed by atoms with Gasteiger partial charge in [-0.1, -0.05) is 12.1 Å². The highest BCUT2D eigenvalue weighted by molar-refractivity contribution is 5.74. The number of carbonyl (C=O) groups excluding carboxylic acids is 1. The Morgan fingerprint density at radius 1 is 1.24 bits per heavy atom. The van der Waals surface area contributed by atoms with Crippen molar-refractivity contribution in [2.75, 3.05) is 59.6 Å². The molecule has 25 heavy (non-hydrogen) atoms. The molecule has 2 heterocycles. The van der Waals surface area contributed by atoms with Crippen molar-refractivity contribution in [2.45, 2.75) is 12.8 Å². The molecule has 1 unspecified atom stereocenters. The summed E-state index contributed by atoms with van der Waals surface area (Å²) in [6, 6.07) is 8.03. The van der Waals surface area contributed by atoms with Crippen molar-refractivity contribution >= 4 is 6.03 Å². The summed E-state index contributed by atoms with van der Waals surface area (Å²) in [7, 11) is 1.66. The van der Waals surface area contributed by atoms with Gasteiger partial charge in [0.05, 0.1) is 13.7 Å². The summed E-state index contributed by atoms with van der Waals surface area (Å²) in [6.45, 7) is 7.10. The van der Waals surface area contributed by atoms with E-state index < -0.39 is 0 Å². The molecule has 2 amide bonds. The van der Waals surface area contributed by atoms with Gasteiger partial charge in [0, 0.05) is 45.9 Å². The predicted octanol–water partition coefficient (Wildman–Crippen LogP) is 1.60. The van der Waals surface area contributed by atoms with Crippen molar-refractivity contribution < 1.29 is 14.3 Å². The fourth-order valence-electron chi connectivity index (χ4n) is 3.44. The first-order valence-electron chi connectivity index (χ1n) is 9.20. The second-order valence-electron chi connectivity index (χ2n) is 6.85. The van der Waals surface area contributed by atoms with Crippen molar-refractivity contribution in [1.82, 2.24) is 15.1 Å². The first kappa shape index (κ1) is 18.0. The van der Waals surface area contributed by atoms with E-state index in [0.717, 1.165) is 58.1 Å². The topological polar surface area (TPSA) is 54.0 Å². The molecule has 0 aliphatic carbocycles. The highest BCUT2D eigenvalue weighted by Crippen LogP contribution is 2.15. The number of rotatable bonds is 6. The Morgan fingerprint density at radius 2 is 2.00 bits per heavy atom. The Balaban J connectivity index is 1.33. The number of benzene rings is 1. The zero-order valence-electron chi connectivity index (χ0n) is 15.1. The predicted molar refractivity (Wildman–Crippen MR) is 97.0 cm³/mol. The summed E-state index contributed by atoms with van der Waals surface area (Å²) in [6.07, 6.45) is 2.00. The maximum Gasteiger partial charge on any atom is 0.317 e. The third-order valence-corrected chi connectivity index (χ3v) is 5.05. The van der Waals surface area contributed by atoms with Crippen molar-refractivity contribution in [1.29, 1.82) is 0 Å². The van der Waals surface area contributed by atoms with E-state index in [1.54, 1.807) is 7.11 Å². The third-order valence-electron chi connectivity index (χ3n) is 5.05. The van der Waals surface area contributed by atoms with Gasteiger partial charge in [-0.15, -0.1) is 0 Å². The molecule has 1 aromatic carbocycles. The van der Waals surface area contributed by atoms with Crippen LogP contribution in [0.15, 0.2) is 24.3 Å². The molecule has 0 saturated carbocycles. The Labute approximate surface area is 150 Å². The van der Waals surface area contributed by atoms with Gasteiger partial charge >= 0.3 is 6.03 Å². The lowest BCUT2D eigenvalue weighted by atomic mass is 10.1. The number of hydrogen-bond donors (Lipinski definition) is 1. The van der Waals surface area contributed by atoms with Crippen LogP contribution in [0.4, 0.5) is 4.79 Å². The monoisotopic (exact) mass is 347 g/mol. The number of piperazine rings is 1. The molecule has 1 N–H and O–H groups in total. The lowest BCUT2D eigenvalue weighted by Gasteiger charge is -2.35. The number of amides is 2. The minimum Gasteiger partial charge on any atom is -0.497 e. The van der Waals surface area contributed by atoms with Gasteiger partial charge in [-0.05, 0) is 36.5 Å². The van der Waals surface area contributed by atoms with Gasteiger partial charge in [-0.25, -0.2) is 4.79 Å². The zero-order chi connectivity index (χ0) is 17.5. The van der Waals surface area contributed by atoms with E-state index in [4.69, 9.17) is 9.47 Å². The standard InChI is InChI=1S/C19H29N3O3/c1-24-18-4-2-16(3-5-18)6-8-20-19(23)22-11-9-21(10-12-22)14-17-7-13-25-15-17/h2-5,17H,6-15H2,1H3,(H,20,23). The third kappa shape index (κ3) is 5.34. The molecular formula is C19H29N3O3. The van der Waals surface area contributed by atoms with Crippen LogP contribution < -0.4 is 10.1 Å². The molecule has 0 aromatic heterocycles. The molecule has 2 aliphatic rings. The van der Waals surface area contributed by atoms with E-state index in [-0.39, 0.29) is 6.03 Å². The summed E-state index contributed by atoms with van der Waals surface area (Å²) in [5.41, 5.74) is 1.20. The molecule has 138 valence electrons. The van der Waals surface area contributed by atoms with Crippen molar-refractivity contribution in [3.8, 4) is 5.75 Å². The van der Waals surface area contributed by atoms with Crippen molar-refractivity contribution in [3.05, 3.63) is 29.8 Å². The lowest BCUT2D eigenvalue weighted by Crippen LogP contribution is -2.52. The maximum atomic E-state index is 12.3. The number of nitrogens with one attached hydrogen (secondary N) is 1. The van der Waals surface area contributed by atoms with Crippen LogP contribution in [0.5, 0.6) is 5.75 Å². The van der Waals surface area contributed by atoms with E-state index in [9.17, 15) is 4.79 Å². The van der Waals surface area contributed by atoms with Crippen LogP contribution in [0.1, 0.15) is 12.0 Å². The molecule has 2 fully saturated rings. The van der Waals surface area contributed by atoms with Gasteiger partial charge in [0.15, 0.2) is 0 Å². The van der Waals surface area contributed by atoms with Gasteiger partial charge < -0.3 is 19.7 Å². The van der Waals surface area contributed by atoms with Crippen LogP contribution in [0.25, 0.3) is 0 Å². The Bertz CT molecular complexity index is 535. The van der Waals surface area contributed by atoms with E-state index in [1.807, 2.05) is 29.2 Å². The fraction of sp³-hybridized carbons (Fsp3) is 0.632. The Kier molecular flexibility index (Phi) is 6.53. The number of urea groups is 1. The summed E-state index contributed by atoms with van der Waals surface area (Å²) >= 11 is 0. The molecule has 0 radical (unpaired) electrons. The number of hydrogen-bond acceptors (Lipinski definition) is 4. The molecule has 1 aromatic rings. The van der Waals surface area contributed by atoms with E-state index >= 15 is 0 Å². The summed E-state index contributed by atoms with van der Waals surface area (Å²) < 4.78 is 10.6. The van der Waals surface area contributed by atoms with Crippen LogP contribution in [0, 0.1) is 5.92 Å². The summed E-state index contributed by atoms with van der Waals surface area (Å²) in [5, 5.41) is 3.03. The number of ether oxygens (including phenoxy) is 2. The van der Waals surface area contributed by atoms with E-state index in [0.29, 0.717) is 12.5 Å². The SMILES string of the molecule is COc1ccc(CCNC(=O)N2CCN(CC3CCOC3)CC2)cc1. The van der Waals surface area contributed by atoms with Gasteiger partial charge in [0.2, 0.25) is 0 Å². The van der Waals surface area contributed by atoms with Crippen molar-refractivity contribution in [3.63, 3.8) is 0 Å². The minimum atomic E-state index is 0.0531. The second-order valence-corrected chi connectivity index (χ2v) is 6.85. The Morgan fingerprint density at radius 3 is 2.64 bits per heavy atom. The first-order valence-corrected chi connectivity index (χ1v) is 9.20. The summed E-state index contributed by atoms with van der Waals surface area (Å²) in [5.74, 6) is 1.53. The van der Waals surface area contributed by atoms with Crippen LogP contribution in [0.3, 0.4) is 0 Å². The zero-order valence-corrected chi connectivity index (χ0v) is 15.1. The van der Waals surface area contributed by atoms with Crippen LogP contribution in [0.2, 0.25) is 0 Å². The average molecular weight is 347 g/mol. The Hall–Kier alpha value is -1.79. The van der Waals surface area contributed by atoms with Crippen LogP contribution in [-0.2, 0) is 11.2 Å². The molecule has 6 nitrogen and oxygen atoms in total. The van der Waals surface area contributed by atoms with Crippen molar-refractivity contribution in [2.24, 2.45) is 5.92 Å². The smallest absolute Gasteiger partial charge is 0.317 e. The van der Waals surface area contributed by atoms with Gasteiger partial charge in [-0.3, -0.25) is 4.90 Å². The summed E-state index contributed by atoms with van der Waals surface area (Å²) in [4.78, 5) is 16.7. The molecule has 0 spiro atoms. The molecule has 1 atom stereocenters. The molecule has 3 rings (SSSR count). The van der Waals surface area contributed by atoms with E-state index in [2.05, 4.69) is 10.2 Å². The number of methoxy groups -OCH3 is 1. The lowest BCUT2D eigenvalue weighted by molar-refractivity contribution is 0.120. The number of nitrogens with zero attached hydrogens (tertiary/aromatic N) is 2. The molecular weight excluding hydrogens is 318 g/mol.